The van der Waals surface area contributed by atoms with Crippen LogP contribution in [0.2, 0.25) is 0 Å². The highest BCUT2D eigenvalue weighted by Gasteiger charge is 2.47. The number of carbonyl (C=O) groups is 2. The second-order valence-electron chi connectivity index (χ2n) is 8.58. The molecule has 0 aliphatic carbocycles. The highest BCUT2D eigenvalue weighted by molar-refractivity contribution is 6.51. The predicted octanol–water partition coefficient (Wildman–Crippen LogP) is 5.62. The first kappa shape index (κ1) is 23.2. The molecule has 1 saturated heterocycles. The molecule has 1 unspecified atom stereocenters. The Morgan fingerprint density at radius 3 is 2.50 bits per heavy atom. The van der Waals surface area contributed by atoms with Crippen molar-refractivity contribution in [1.29, 1.82) is 0 Å². The van der Waals surface area contributed by atoms with Crippen LogP contribution in [0.15, 0.2) is 78.6 Å². The molecule has 0 radical (unpaired) electrons. The van der Waals surface area contributed by atoms with E-state index in [0.717, 1.165) is 12.0 Å². The van der Waals surface area contributed by atoms with Crippen LogP contribution in [0.25, 0.3) is 5.76 Å². The molecule has 2 heterocycles. The average molecular weight is 457 g/mol. The molecule has 0 spiro atoms. The summed E-state index contributed by atoms with van der Waals surface area (Å²) >= 11 is 0. The third-order valence-electron chi connectivity index (χ3n) is 5.86. The maximum Gasteiger partial charge on any atom is 0.300 e. The molecule has 4 rings (SSSR count). The molecule has 2 aromatic carbocycles. The number of Topliss-reactive ketones (excluding diaryl/α,β-unsaturated/α-hetero) is 1. The standard InChI is InChI=1S/C28H28N2O4/c1-4-15-34-23-9-5-7-20(16-23)26(31)24-25(21-8-6-14-29-17-21)30(28(33)27(24)32)22-12-10-19(11-13-22)18(2)3/h5-14,16-18,25,31H,4,15H2,1-3H3/b26-24-. The van der Waals surface area contributed by atoms with Gasteiger partial charge in [-0.05, 0) is 53.8 Å². The van der Waals surface area contributed by atoms with Crippen molar-refractivity contribution in [3.8, 4) is 5.75 Å². The second-order valence-corrected chi connectivity index (χ2v) is 8.58. The van der Waals surface area contributed by atoms with Gasteiger partial charge < -0.3 is 9.84 Å². The zero-order valence-corrected chi connectivity index (χ0v) is 19.6. The number of nitrogens with zero attached hydrogens (tertiary/aromatic N) is 2. The van der Waals surface area contributed by atoms with Crippen molar-refractivity contribution in [3.05, 3.63) is 95.3 Å². The zero-order valence-electron chi connectivity index (χ0n) is 19.6. The largest absolute Gasteiger partial charge is 0.507 e. The van der Waals surface area contributed by atoms with E-state index in [4.69, 9.17) is 4.74 Å². The van der Waals surface area contributed by atoms with Gasteiger partial charge in [0, 0.05) is 23.6 Å². The number of aromatic nitrogens is 1. The van der Waals surface area contributed by atoms with Crippen molar-refractivity contribution in [2.45, 2.75) is 39.2 Å². The lowest BCUT2D eigenvalue weighted by Crippen LogP contribution is -2.29. The van der Waals surface area contributed by atoms with Crippen LogP contribution in [0.5, 0.6) is 5.75 Å². The molecular formula is C28H28N2O4. The lowest BCUT2D eigenvalue weighted by atomic mass is 9.96. The number of hydrogen-bond donors (Lipinski definition) is 1. The Morgan fingerprint density at radius 2 is 1.85 bits per heavy atom. The number of ether oxygens (including phenoxy) is 1. The minimum absolute atomic E-state index is 0.0265. The first-order valence-electron chi connectivity index (χ1n) is 11.5. The van der Waals surface area contributed by atoms with Crippen molar-refractivity contribution < 1.29 is 19.4 Å². The SMILES string of the molecule is CCCOc1cccc(/C(O)=C2/C(=O)C(=O)N(c3ccc(C(C)C)cc3)C2c2cccnc2)c1. The van der Waals surface area contributed by atoms with Crippen LogP contribution in [0, 0.1) is 0 Å². The molecule has 6 nitrogen and oxygen atoms in total. The number of aliphatic hydroxyl groups excluding tert-OH is 1. The van der Waals surface area contributed by atoms with Crippen molar-refractivity contribution in [1.82, 2.24) is 4.98 Å². The van der Waals surface area contributed by atoms with Crippen LogP contribution in [0.3, 0.4) is 0 Å². The fourth-order valence-corrected chi connectivity index (χ4v) is 4.08. The van der Waals surface area contributed by atoms with E-state index in [9.17, 15) is 14.7 Å². The van der Waals surface area contributed by atoms with Crippen molar-refractivity contribution in [3.63, 3.8) is 0 Å². The molecule has 1 aliphatic rings. The Bertz CT molecular complexity index is 1220. The number of ketones is 1. The molecule has 6 heteroatoms. The molecule has 0 bridgehead atoms. The van der Waals surface area contributed by atoms with Gasteiger partial charge in [0.05, 0.1) is 18.2 Å². The summed E-state index contributed by atoms with van der Waals surface area (Å²) in [6.45, 7) is 6.73. The van der Waals surface area contributed by atoms with Gasteiger partial charge >= 0.3 is 0 Å². The third-order valence-corrected chi connectivity index (χ3v) is 5.86. The number of anilines is 1. The van der Waals surface area contributed by atoms with Crippen LogP contribution < -0.4 is 9.64 Å². The molecule has 3 aromatic rings. The Kier molecular flexibility index (Phi) is 6.77. The highest BCUT2D eigenvalue weighted by atomic mass is 16.5. The zero-order chi connectivity index (χ0) is 24.2. The van der Waals surface area contributed by atoms with Crippen LogP contribution in [-0.2, 0) is 9.59 Å². The smallest absolute Gasteiger partial charge is 0.300 e. The maximum absolute atomic E-state index is 13.3. The summed E-state index contributed by atoms with van der Waals surface area (Å²) in [7, 11) is 0. The number of pyridine rings is 1. The molecule has 174 valence electrons. The van der Waals surface area contributed by atoms with E-state index < -0.39 is 17.7 Å². The molecule has 34 heavy (non-hydrogen) atoms. The summed E-state index contributed by atoms with van der Waals surface area (Å²) in [5.41, 5.74) is 2.78. The van der Waals surface area contributed by atoms with E-state index in [1.807, 2.05) is 31.2 Å². The molecule has 1 aromatic heterocycles. The monoisotopic (exact) mass is 456 g/mol. The minimum Gasteiger partial charge on any atom is -0.507 e. The maximum atomic E-state index is 13.3. The molecule has 1 atom stereocenters. The predicted molar refractivity (Wildman–Crippen MR) is 132 cm³/mol. The van der Waals surface area contributed by atoms with E-state index in [-0.39, 0.29) is 11.3 Å². The quantitative estimate of drug-likeness (QED) is 0.284. The van der Waals surface area contributed by atoms with Gasteiger partial charge in [0.15, 0.2) is 0 Å². The highest BCUT2D eigenvalue weighted by Crippen LogP contribution is 2.42. The van der Waals surface area contributed by atoms with Crippen molar-refractivity contribution in [2.75, 3.05) is 11.5 Å². The Labute approximate surface area is 199 Å². The van der Waals surface area contributed by atoms with Gasteiger partial charge in [-0.2, -0.15) is 0 Å². The Morgan fingerprint density at radius 1 is 1.09 bits per heavy atom. The van der Waals surface area contributed by atoms with Gasteiger partial charge in [0.2, 0.25) is 0 Å². The van der Waals surface area contributed by atoms with E-state index in [2.05, 4.69) is 18.8 Å². The third kappa shape index (κ3) is 4.44. The van der Waals surface area contributed by atoms with Crippen molar-refractivity contribution in [2.24, 2.45) is 0 Å². The van der Waals surface area contributed by atoms with Gasteiger partial charge in [0.25, 0.3) is 11.7 Å². The van der Waals surface area contributed by atoms with E-state index in [1.165, 1.54) is 4.90 Å². The van der Waals surface area contributed by atoms with E-state index >= 15 is 0 Å². The number of hydrogen-bond acceptors (Lipinski definition) is 5. The summed E-state index contributed by atoms with van der Waals surface area (Å²) in [6.07, 6.45) is 4.08. The molecular weight excluding hydrogens is 428 g/mol. The molecule has 1 N–H and O–H groups in total. The van der Waals surface area contributed by atoms with Crippen molar-refractivity contribution >= 4 is 23.1 Å². The van der Waals surface area contributed by atoms with Gasteiger partial charge in [-0.15, -0.1) is 0 Å². The van der Waals surface area contributed by atoms with Gasteiger partial charge in [-0.25, -0.2) is 0 Å². The first-order chi connectivity index (χ1) is 16.4. The Balaban J connectivity index is 1.85. The van der Waals surface area contributed by atoms with Crippen LogP contribution in [-0.4, -0.2) is 28.4 Å². The van der Waals surface area contributed by atoms with Gasteiger partial charge in [-0.3, -0.25) is 19.5 Å². The summed E-state index contributed by atoms with van der Waals surface area (Å²) in [4.78, 5) is 32.1. The summed E-state index contributed by atoms with van der Waals surface area (Å²) in [5.74, 6) is -0.746. The summed E-state index contributed by atoms with van der Waals surface area (Å²) in [5, 5.41) is 11.3. The Hall–Kier alpha value is -3.93. The van der Waals surface area contributed by atoms with Crippen LogP contribution in [0.4, 0.5) is 5.69 Å². The normalized spacial score (nSPS) is 17.4. The first-order valence-corrected chi connectivity index (χ1v) is 11.5. The number of benzene rings is 2. The minimum atomic E-state index is -0.807. The number of rotatable bonds is 7. The number of aliphatic hydroxyl groups is 1. The summed E-state index contributed by atoms with van der Waals surface area (Å²) < 4.78 is 5.68. The molecule has 1 fully saturated rings. The molecule has 0 saturated carbocycles. The fraction of sp³-hybridized carbons (Fsp3) is 0.250. The van der Waals surface area contributed by atoms with Gasteiger partial charge in [-0.1, -0.05) is 51.1 Å². The topological polar surface area (TPSA) is 79.7 Å². The van der Waals surface area contributed by atoms with Gasteiger partial charge in [0.1, 0.15) is 11.5 Å². The van der Waals surface area contributed by atoms with Crippen LogP contribution in [0.1, 0.15) is 55.8 Å². The lowest BCUT2D eigenvalue weighted by Gasteiger charge is -2.25. The fourth-order valence-electron chi connectivity index (χ4n) is 4.08. The van der Waals surface area contributed by atoms with Crippen LogP contribution >= 0.6 is 0 Å². The molecule has 1 aliphatic heterocycles. The lowest BCUT2D eigenvalue weighted by molar-refractivity contribution is -0.132. The molecule has 1 amide bonds. The number of amides is 1. The number of carbonyl (C=O) groups excluding carboxylic acids is 2. The second kappa shape index (κ2) is 9.91. The van der Waals surface area contributed by atoms with E-state index in [1.54, 1.807) is 48.8 Å². The summed E-state index contributed by atoms with van der Waals surface area (Å²) in [6, 6.07) is 17.2. The van der Waals surface area contributed by atoms with E-state index in [0.29, 0.717) is 35.1 Å². The average Bonchev–Trinajstić information content (AvgIpc) is 3.13.